The Bertz CT molecular complexity index is 740. The largest absolute Gasteiger partial charge is 0.368 e. The second-order valence-corrected chi connectivity index (χ2v) is 7.15. The van der Waals surface area contributed by atoms with Crippen LogP contribution < -0.4 is 20.1 Å². The molecule has 0 aliphatic carbocycles. The standard InChI is InChI=1S/C13H19Cl2N5O5S/c14-3-7-19(8-4-15)12-2-1-10(20(22)23)9-11(12)13(21)17-5-6-18-26(16,24)25/h1-2,9,18H,3-8H2,(H,17,21)(H2,16,24,25). The van der Waals surface area contributed by atoms with Gasteiger partial charge >= 0.3 is 0 Å². The number of hydrogen-bond donors (Lipinski definition) is 3. The number of carbonyl (C=O) groups is 1. The van der Waals surface area contributed by atoms with Crippen molar-refractivity contribution in [3.8, 4) is 0 Å². The number of halogens is 2. The van der Waals surface area contributed by atoms with Gasteiger partial charge in [-0.1, -0.05) is 0 Å². The number of nitro groups is 1. The fraction of sp³-hybridized carbons (Fsp3) is 0.462. The van der Waals surface area contributed by atoms with Gasteiger partial charge in [0.1, 0.15) is 0 Å². The maximum absolute atomic E-state index is 12.4. The Kier molecular flexibility index (Phi) is 9.02. The van der Waals surface area contributed by atoms with Crippen LogP contribution in [-0.2, 0) is 10.2 Å². The van der Waals surface area contributed by atoms with Gasteiger partial charge in [0.15, 0.2) is 0 Å². The summed E-state index contributed by atoms with van der Waals surface area (Å²) in [7, 11) is -3.87. The van der Waals surface area contributed by atoms with Crippen molar-refractivity contribution in [1.29, 1.82) is 0 Å². The van der Waals surface area contributed by atoms with Gasteiger partial charge in [-0.15, -0.1) is 23.2 Å². The Morgan fingerprint density at radius 2 is 1.85 bits per heavy atom. The number of nitrogens with one attached hydrogen (secondary N) is 2. The molecule has 0 bridgehead atoms. The van der Waals surface area contributed by atoms with Crippen LogP contribution in [0.5, 0.6) is 0 Å². The van der Waals surface area contributed by atoms with Crippen LogP contribution in [0, 0.1) is 10.1 Å². The predicted molar refractivity (Wildman–Crippen MR) is 100 cm³/mol. The normalized spacial score (nSPS) is 11.2. The summed E-state index contributed by atoms with van der Waals surface area (Å²) in [5.41, 5.74) is 0.247. The number of carbonyl (C=O) groups excluding carboxylic acids is 1. The highest BCUT2D eigenvalue weighted by Gasteiger charge is 2.20. The third-order valence-electron chi connectivity index (χ3n) is 3.20. The Morgan fingerprint density at radius 1 is 1.23 bits per heavy atom. The van der Waals surface area contributed by atoms with Crippen molar-refractivity contribution in [2.75, 3.05) is 42.8 Å². The van der Waals surface area contributed by atoms with Crippen molar-refractivity contribution in [1.82, 2.24) is 10.0 Å². The number of rotatable bonds is 11. The third kappa shape index (κ3) is 7.30. The summed E-state index contributed by atoms with van der Waals surface area (Å²) < 4.78 is 23.6. The zero-order valence-electron chi connectivity index (χ0n) is 13.7. The molecule has 1 aromatic carbocycles. The van der Waals surface area contributed by atoms with Gasteiger partial charge in [-0.05, 0) is 6.07 Å². The predicted octanol–water partition coefficient (Wildman–Crippen LogP) is 0.402. The lowest BCUT2D eigenvalue weighted by molar-refractivity contribution is -0.384. The van der Waals surface area contributed by atoms with Crippen LogP contribution in [0.15, 0.2) is 18.2 Å². The minimum Gasteiger partial charge on any atom is -0.368 e. The maximum atomic E-state index is 12.4. The van der Waals surface area contributed by atoms with Crippen LogP contribution in [0.25, 0.3) is 0 Å². The van der Waals surface area contributed by atoms with Gasteiger partial charge in [0.2, 0.25) is 0 Å². The van der Waals surface area contributed by atoms with Crippen LogP contribution in [0.3, 0.4) is 0 Å². The van der Waals surface area contributed by atoms with Gasteiger partial charge in [0.05, 0.1) is 16.2 Å². The number of amides is 1. The first-order valence-corrected chi connectivity index (χ1v) is 10.0. The van der Waals surface area contributed by atoms with E-state index in [2.05, 4.69) is 5.32 Å². The van der Waals surface area contributed by atoms with E-state index in [1.54, 1.807) is 4.90 Å². The van der Waals surface area contributed by atoms with Gasteiger partial charge in [-0.25, -0.2) is 9.86 Å². The van der Waals surface area contributed by atoms with Crippen molar-refractivity contribution >= 4 is 50.7 Å². The van der Waals surface area contributed by atoms with Crippen LogP contribution >= 0.6 is 23.2 Å². The monoisotopic (exact) mass is 427 g/mol. The molecule has 0 heterocycles. The number of nitrogens with zero attached hydrogens (tertiary/aromatic N) is 2. The first kappa shape index (κ1) is 22.4. The average Bonchev–Trinajstić information content (AvgIpc) is 2.57. The van der Waals surface area contributed by atoms with Gasteiger partial charge in [0.25, 0.3) is 21.8 Å². The second-order valence-electron chi connectivity index (χ2n) is 5.02. The van der Waals surface area contributed by atoms with E-state index in [9.17, 15) is 23.3 Å². The van der Waals surface area contributed by atoms with Gasteiger partial charge < -0.3 is 10.2 Å². The lowest BCUT2D eigenvalue weighted by atomic mass is 10.1. The fourth-order valence-electron chi connectivity index (χ4n) is 2.12. The molecule has 0 saturated carbocycles. The summed E-state index contributed by atoms with van der Waals surface area (Å²) >= 11 is 11.5. The molecule has 26 heavy (non-hydrogen) atoms. The molecular formula is C13H19Cl2N5O5S. The molecule has 0 saturated heterocycles. The van der Waals surface area contributed by atoms with Crippen LogP contribution in [0.1, 0.15) is 10.4 Å². The van der Waals surface area contributed by atoms with E-state index in [0.717, 1.165) is 6.07 Å². The molecule has 146 valence electrons. The smallest absolute Gasteiger partial charge is 0.274 e. The van der Waals surface area contributed by atoms with Gasteiger partial charge in [-0.3, -0.25) is 14.9 Å². The summed E-state index contributed by atoms with van der Waals surface area (Å²) in [6.45, 7) is 0.600. The molecule has 0 aliphatic rings. The zero-order chi connectivity index (χ0) is 19.7. The van der Waals surface area contributed by atoms with E-state index in [1.807, 2.05) is 4.72 Å². The van der Waals surface area contributed by atoms with Crippen molar-refractivity contribution < 1.29 is 18.1 Å². The number of alkyl halides is 2. The molecule has 10 nitrogen and oxygen atoms in total. The van der Waals surface area contributed by atoms with Gasteiger partial charge in [-0.2, -0.15) is 8.42 Å². The van der Waals surface area contributed by atoms with E-state index < -0.39 is 21.0 Å². The Morgan fingerprint density at radius 3 is 2.35 bits per heavy atom. The highest BCUT2D eigenvalue weighted by molar-refractivity contribution is 7.87. The lowest BCUT2D eigenvalue weighted by Crippen LogP contribution is -2.38. The quantitative estimate of drug-likeness (QED) is 0.201. The first-order chi connectivity index (χ1) is 12.2. The van der Waals surface area contributed by atoms with E-state index in [4.69, 9.17) is 28.3 Å². The number of nitro benzene ring substituents is 1. The second kappa shape index (κ2) is 10.5. The Hall–Kier alpha value is -1.66. The first-order valence-electron chi connectivity index (χ1n) is 7.40. The minimum absolute atomic E-state index is 0.0532. The van der Waals surface area contributed by atoms with E-state index in [0.29, 0.717) is 18.8 Å². The molecule has 0 atom stereocenters. The third-order valence-corrected chi connectivity index (χ3v) is 4.14. The summed E-state index contributed by atoms with van der Waals surface area (Å²) in [5.74, 6) is -0.0606. The Balaban J connectivity index is 3.04. The molecule has 13 heteroatoms. The molecule has 0 unspecified atom stereocenters. The van der Waals surface area contributed by atoms with E-state index >= 15 is 0 Å². The number of hydrogen-bond acceptors (Lipinski definition) is 6. The van der Waals surface area contributed by atoms with Crippen LogP contribution in [0.4, 0.5) is 11.4 Å². The molecule has 1 aromatic rings. The average molecular weight is 428 g/mol. The number of nitrogens with two attached hydrogens (primary N) is 1. The zero-order valence-corrected chi connectivity index (χ0v) is 16.0. The van der Waals surface area contributed by atoms with Crippen LogP contribution in [0.2, 0.25) is 0 Å². The number of non-ortho nitro benzene ring substituents is 1. The number of benzene rings is 1. The van der Waals surface area contributed by atoms with E-state index in [1.165, 1.54) is 12.1 Å². The highest BCUT2D eigenvalue weighted by atomic mass is 35.5. The van der Waals surface area contributed by atoms with E-state index in [-0.39, 0.29) is 36.1 Å². The molecule has 1 amide bonds. The van der Waals surface area contributed by atoms with Crippen LogP contribution in [-0.4, -0.2) is 57.2 Å². The summed E-state index contributed by atoms with van der Waals surface area (Å²) in [4.78, 5) is 24.6. The fourth-order valence-corrected chi connectivity index (χ4v) is 2.91. The Labute approximate surface area is 161 Å². The minimum atomic E-state index is -3.87. The van der Waals surface area contributed by atoms with Crippen molar-refractivity contribution in [2.24, 2.45) is 5.14 Å². The topological polar surface area (TPSA) is 148 Å². The van der Waals surface area contributed by atoms with Crippen molar-refractivity contribution in [2.45, 2.75) is 0 Å². The summed E-state index contributed by atoms with van der Waals surface area (Å²) in [6, 6.07) is 3.88. The lowest BCUT2D eigenvalue weighted by Gasteiger charge is -2.25. The summed E-state index contributed by atoms with van der Waals surface area (Å²) in [6.07, 6.45) is 0. The molecule has 0 aromatic heterocycles. The molecule has 0 radical (unpaired) electrons. The van der Waals surface area contributed by atoms with Gasteiger partial charge in [0, 0.05) is 50.1 Å². The molecule has 0 fully saturated rings. The molecule has 0 spiro atoms. The van der Waals surface area contributed by atoms with Crippen molar-refractivity contribution in [3.05, 3.63) is 33.9 Å². The summed E-state index contributed by atoms with van der Waals surface area (Å²) in [5, 5.41) is 18.3. The number of anilines is 1. The molecular weight excluding hydrogens is 409 g/mol. The highest BCUT2D eigenvalue weighted by Crippen LogP contribution is 2.26. The SMILES string of the molecule is NS(=O)(=O)NCCNC(=O)c1cc([N+](=O)[O-])ccc1N(CCCl)CCCl. The molecule has 1 rings (SSSR count). The molecule has 4 N–H and O–H groups in total. The molecule has 0 aliphatic heterocycles. The van der Waals surface area contributed by atoms with Crippen molar-refractivity contribution in [3.63, 3.8) is 0 Å². The maximum Gasteiger partial charge on any atom is 0.274 e.